The van der Waals surface area contributed by atoms with Crippen molar-refractivity contribution in [3.63, 3.8) is 0 Å². The monoisotopic (exact) mass is 401 g/mol. The zero-order valence-electron chi connectivity index (χ0n) is 15.8. The number of ether oxygens (including phenoxy) is 1. The van der Waals surface area contributed by atoms with Gasteiger partial charge in [0.2, 0.25) is 0 Å². The zero-order chi connectivity index (χ0) is 20.1. The number of thiazole rings is 1. The summed E-state index contributed by atoms with van der Waals surface area (Å²) in [5, 5.41) is 8.65. The SMILES string of the molecule is COc1ccccc1NC(=O)Nc1ccc(-c2csc(-c3ccccc3)n2)cc1. The number of urea groups is 1. The lowest BCUT2D eigenvalue weighted by molar-refractivity contribution is 0.262. The number of amides is 2. The Morgan fingerprint density at radius 1 is 0.862 bits per heavy atom. The Bertz CT molecular complexity index is 1110. The Hall–Kier alpha value is -3.64. The molecule has 0 spiro atoms. The van der Waals surface area contributed by atoms with Gasteiger partial charge < -0.3 is 15.4 Å². The molecule has 144 valence electrons. The summed E-state index contributed by atoms with van der Waals surface area (Å²) in [6, 6.07) is 24.7. The van der Waals surface area contributed by atoms with Crippen molar-refractivity contribution in [2.75, 3.05) is 17.7 Å². The highest BCUT2D eigenvalue weighted by molar-refractivity contribution is 7.13. The number of hydrogen-bond acceptors (Lipinski definition) is 4. The van der Waals surface area contributed by atoms with Crippen LogP contribution in [0.15, 0.2) is 84.2 Å². The molecule has 0 unspecified atom stereocenters. The number of hydrogen-bond donors (Lipinski definition) is 2. The number of methoxy groups -OCH3 is 1. The van der Waals surface area contributed by atoms with Crippen molar-refractivity contribution in [3.8, 4) is 27.6 Å². The highest BCUT2D eigenvalue weighted by Crippen LogP contribution is 2.29. The van der Waals surface area contributed by atoms with Crippen molar-refractivity contribution < 1.29 is 9.53 Å². The molecule has 0 aliphatic carbocycles. The van der Waals surface area contributed by atoms with Crippen LogP contribution in [-0.4, -0.2) is 18.1 Å². The van der Waals surface area contributed by atoms with Crippen molar-refractivity contribution in [2.45, 2.75) is 0 Å². The van der Waals surface area contributed by atoms with Gasteiger partial charge in [0.05, 0.1) is 18.5 Å². The molecular formula is C23H19N3O2S. The maximum atomic E-state index is 12.3. The molecule has 0 aliphatic heterocycles. The molecule has 1 aromatic heterocycles. The van der Waals surface area contributed by atoms with Crippen LogP contribution in [0.25, 0.3) is 21.8 Å². The molecule has 0 aliphatic rings. The Balaban J connectivity index is 1.43. The quantitative estimate of drug-likeness (QED) is 0.423. The van der Waals surface area contributed by atoms with Crippen LogP contribution < -0.4 is 15.4 Å². The number of para-hydroxylation sites is 2. The van der Waals surface area contributed by atoms with Gasteiger partial charge in [0, 0.05) is 22.2 Å². The minimum Gasteiger partial charge on any atom is -0.495 e. The molecule has 3 aromatic carbocycles. The maximum Gasteiger partial charge on any atom is 0.323 e. The molecule has 0 radical (unpaired) electrons. The average Bonchev–Trinajstić information content (AvgIpc) is 3.25. The molecule has 6 heteroatoms. The highest BCUT2D eigenvalue weighted by Gasteiger charge is 2.09. The fourth-order valence-electron chi connectivity index (χ4n) is 2.88. The summed E-state index contributed by atoms with van der Waals surface area (Å²) < 4.78 is 5.25. The summed E-state index contributed by atoms with van der Waals surface area (Å²) in [5.74, 6) is 0.607. The third kappa shape index (κ3) is 4.44. The Labute approximate surface area is 173 Å². The van der Waals surface area contributed by atoms with E-state index in [2.05, 4.69) is 22.8 Å². The number of anilines is 2. The molecule has 29 heavy (non-hydrogen) atoms. The largest absolute Gasteiger partial charge is 0.495 e. The number of rotatable bonds is 5. The first-order valence-electron chi connectivity index (χ1n) is 9.05. The van der Waals surface area contributed by atoms with E-state index in [9.17, 15) is 4.79 Å². The lowest BCUT2D eigenvalue weighted by Gasteiger charge is -2.11. The molecule has 4 rings (SSSR count). The van der Waals surface area contributed by atoms with Crippen LogP contribution >= 0.6 is 11.3 Å². The summed E-state index contributed by atoms with van der Waals surface area (Å²) in [5.41, 5.74) is 4.33. The van der Waals surface area contributed by atoms with E-state index in [4.69, 9.17) is 9.72 Å². The minimum atomic E-state index is -0.331. The molecule has 4 aromatic rings. The normalized spacial score (nSPS) is 10.4. The van der Waals surface area contributed by atoms with Gasteiger partial charge in [-0.25, -0.2) is 9.78 Å². The second-order valence-electron chi connectivity index (χ2n) is 6.26. The molecule has 2 amide bonds. The molecule has 0 bridgehead atoms. The van der Waals surface area contributed by atoms with Crippen LogP contribution in [0, 0.1) is 0 Å². The standard InChI is InChI=1S/C23H19N3O2S/c1-28-21-10-6-5-9-19(21)26-23(27)24-18-13-11-16(12-14-18)20-15-29-22(25-20)17-7-3-2-4-8-17/h2-15H,1H3,(H2,24,26,27). The third-order valence-electron chi connectivity index (χ3n) is 4.32. The van der Waals surface area contributed by atoms with Gasteiger partial charge in [-0.1, -0.05) is 54.6 Å². The van der Waals surface area contributed by atoms with Crippen molar-refractivity contribution in [1.82, 2.24) is 4.98 Å². The van der Waals surface area contributed by atoms with Gasteiger partial charge in [0.15, 0.2) is 0 Å². The first-order valence-corrected chi connectivity index (χ1v) is 9.93. The van der Waals surface area contributed by atoms with Gasteiger partial charge >= 0.3 is 6.03 Å². The van der Waals surface area contributed by atoms with Crippen LogP contribution in [0.3, 0.4) is 0 Å². The molecule has 0 atom stereocenters. The molecule has 0 saturated heterocycles. The summed E-state index contributed by atoms with van der Waals surface area (Å²) in [7, 11) is 1.57. The number of nitrogens with one attached hydrogen (secondary N) is 2. The predicted molar refractivity (Wildman–Crippen MR) is 119 cm³/mol. The van der Waals surface area contributed by atoms with Crippen molar-refractivity contribution in [2.24, 2.45) is 0 Å². The molecule has 5 nitrogen and oxygen atoms in total. The van der Waals surface area contributed by atoms with Gasteiger partial charge in [0.1, 0.15) is 10.8 Å². The van der Waals surface area contributed by atoms with Crippen molar-refractivity contribution >= 4 is 28.7 Å². The predicted octanol–water partition coefficient (Wildman–Crippen LogP) is 6.13. The molecular weight excluding hydrogens is 382 g/mol. The van der Waals surface area contributed by atoms with Gasteiger partial charge in [-0.15, -0.1) is 11.3 Å². The first kappa shape index (κ1) is 18.7. The zero-order valence-corrected chi connectivity index (χ0v) is 16.6. The van der Waals surface area contributed by atoms with E-state index in [1.807, 2.05) is 60.0 Å². The number of nitrogens with zero attached hydrogens (tertiary/aromatic N) is 1. The van der Waals surface area contributed by atoms with Gasteiger partial charge in [0.25, 0.3) is 0 Å². The van der Waals surface area contributed by atoms with Crippen molar-refractivity contribution in [1.29, 1.82) is 0 Å². The van der Waals surface area contributed by atoms with E-state index >= 15 is 0 Å². The summed E-state index contributed by atoms with van der Waals surface area (Å²) in [6.45, 7) is 0. The van der Waals surface area contributed by atoms with Crippen LogP contribution in [0.2, 0.25) is 0 Å². The minimum absolute atomic E-state index is 0.331. The number of aromatic nitrogens is 1. The third-order valence-corrected chi connectivity index (χ3v) is 5.21. The maximum absolute atomic E-state index is 12.3. The summed E-state index contributed by atoms with van der Waals surface area (Å²) in [4.78, 5) is 17.0. The van der Waals surface area contributed by atoms with Crippen LogP contribution in [0.5, 0.6) is 5.75 Å². The second kappa shape index (κ2) is 8.58. The molecule has 2 N–H and O–H groups in total. The van der Waals surface area contributed by atoms with Gasteiger partial charge in [-0.3, -0.25) is 0 Å². The van der Waals surface area contributed by atoms with Crippen LogP contribution in [-0.2, 0) is 0 Å². The second-order valence-corrected chi connectivity index (χ2v) is 7.12. The number of carbonyl (C=O) groups excluding carboxylic acids is 1. The van der Waals surface area contributed by atoms with Gasteiger partial charge in [-0.05, 0) is 24.3 Å². The Kier molecular flexibility index (Phi) is 5.54. The smallest absolute Gasteiger partial charge is 0.323 e. The molecule has 0 fully saturated rings. The first-order chi connectivity index (χ1) is 14.2. The van der Waals surface area contributed by atoms with E-state index in [0.717, 1.165) is 21.8 Å². The fourth-order valence-corrected chi connectivity index (χ4v) is 3.71. The highest BCUT2D eigenvalue weighted by atomic mass is 32.1. The summed E-state index contributed by atoms with van der Waals surface area (Å²) >= 11 is 1.61. The van der Waals surface area contributed by atoms with E-state index in [1.165, 1.54) is 0 Å². The van der Waals surface area contributed by atoms with E-state index < -0.39 is 0 Å². The Morgan fingerprint density at radius 3 is 2.34 bits per heavy atom. The van der Waals surface area contributed by atoms with E-state index in [-0.39, 0.29) is 6.03 Å². The topological polar surface area (TPSA) is 63.2 Å². The molecule has 1 heterocycles. The van der Waals surface area contributed by atoms with Crippen LogP contribution in [0.4, 0.5) is 16.2 Å². The Morgan fingerprint density at radius 2 is 1.59 bits per heavy atom. The fraction of sp³-hybridized carbons (Fsp3) is 0.0435. The lowest BCUT2D eigenvalue weighted by atomic mass is 10.1. The van der Waals surface area contributed by atoms with E-state index in [0.29, 0.717) is 17.1 Å². The average molecular weight is 401 g/mol. The molecule has 0 saturated carbocycles. The summed E-state index contributed by atoms with van der Waals surface area (Å²) in [6.07, 6.45) is 0. The number of carbonyl (C=O) groups is 1. The van der Waals surface area contributed by atoms with E-state index in [1.54, 1.807) is 30.6 Å². The lowest BCUT2D eigenvalue weighted by Crippen LogP contribution is -2.19. The van der Waals surface area contributed by atoms with Crippen molar-refractivity contribution in [3.05, 3.63) is 84.2 Å². The van der Waals surface area contributed by atoms with Crippen LogP contribution in [0.1, 0.15) is 0 Å². The number of benzene rings is 3. The van der Waals surface area contributed by atoms with Gasteiger partial charge in [-0.2, -0.15) is 0 Å².